The number of nitrogens with zero attached hydrogens (tertiary/aromatic N) is 2. The number of oxime groups is 1. The second-order valence-corrected chi connectivity index (χ2v) is 5.41. The summed E-state index contributed by atoms with van der Waals surface area (Å²) in [4.78, 5) is 37.1. The van der Waals surface area contributed by atoms with Crippen molar-refractivity contribution in [2.24, 2.45) is 10.9 Å². The summed E-state index contributed by atoms with van der Waals surface area (Å²) in [7, 11) is -5.07. The maximum absolute atomic E-state index is 13.0. The minimum Gasteiger partial charge on any atom is -0.505 e. The van der Waals surface area contributed by atoms with E-state index in [0.29, 0.717) is 0 Å². The molecule has 0 radical (unpaired) electrons. The summed E-state index contributed by atoms with van der Waals surface area (Å²) in [5.41, 5.74) is 4.42. The Balaban J connectivity index is 3.24. The van der Waals surface area contributed by atoms with E-state index in [1.165, 1.54) is 6.92 Å². The first-order chi connectivity index (χ1) is 10.7. The van der Waals surface area contributed by atoms with E-state index in [-0.39, 0.29) is 29.7 Å². The smallest absolute Gasteiger partial charge is 0.505 e. The van der Waals surface area contributed by atoms with Gasteiger partial charge >= 0.3 is 7.82 Å². The summed E-state index contributed by atoms with van der Waals surface area (Å²) in [6, 6.07) is 0. The molecular weight excluding hydrogens is 336 g/mol. The normalized spacial score (nSPS) is 13.5. The molecule has 0 spiro atoms. The second-order valence-electron chi connectivity index (χ2n) is 4.24. The molecular formula is C11H15FN3O7P. The van der Waals surface area contributed by atoms with Crippen LogP contribution in [0.5, 0.6) is 5.75 Å². The molecule has 0 fully saturated rings. The van der Waals surface area contributed by atoms with Crippen LogP contribution in [0.15, 0.2) is 11.4 Å². The number of phosphoric ester groups is 1. The molecule has 1 aromatic rings. The summed E-state index contributed by atoms with van der Waals surface area (Å²) in [6.07, 6.45) is -0.354. The lowest BCUT2D eigenvalue weighted by Crippen LogP contribution is -2.20. The lowest BCUT2D eigenvalue weighted by molar-refractivity contribution is 0.0858. The summed E-state index contributed by atoms with van der Waals surface area (Å²) in [5, 5.41) is 13.0. The number of hydrogen-bond acceptors (Lipinski definition) is 8. The minimum atomic E-state index is -5.07. The minimum absolute atomic E-state index is 0.0965. The number of aryl methyl sites for hydroxylation is 1. The van der Waals surface area contributed by atoms with Crippen LogP contribution >= 0.6 is 7.82 Å². The number of aldehydes is 1. The Morgan fingerprint density at radius 3 is 2.78 bits per heavy atom. The van der Waals surface area contributed by atoms with E-state index in [9.17, 15) is 18.9 Å². The van der Waals surface area contributed by atoms with Crippen LogP contribution < -0.4 is 5.73 Å². The molecule has 12 heteroatoms. The number of halogens is 1. The maximum Gasteiger partial charge on any atom is 0.526 e. The van der Waals surface area contributed by atoms with Crippen molar-refractivity contribution < 1.29 is 38.0 Å². The molecule has 0 bridgehead atoms. The van der Waals surface area contributed by atoms with Crippen LogP contribution in [0, 0.1) is 6.92 Å². The third-order valence-corrected chi connectivity index (χ3v) is 2.90. The number of aromatic nitrogens is 1. The molecule has 23 heavy (non-hydrogen) atoms. The van der Waals surface area contributed by atoms with Crippen molar-refractivity contribution in [2.75, 3.05) is 13.2 Å². The highest BCUT2D eigenvalue weighted by atomic mass is 31.2. The highest BCUT2D eigenvalue weighted by Crippen LogP contribution is 2.38. The fourth-order valence-corrected chi connectivity index (χ4v) is 1.73. The van der Waals surface area contributed by atoms with E-state index in [1.807, 2.05) is 0 Å². The quantitative estimate of drug-likeness (QED) is 0.174. The van der Waals surface area contributed by atoms with Crippen molar-refractivity contribution in [1.82, 2.24) is 4.98 Å². The summed E-state index contributed by atoms with van der Waals surface area (Å²) >= 11 is 0. The van der Waals surface area contributed by atoms with Gasteiger partial charge in [-0.15, -0.1) is 0 Å². The topological polar surface area (TPSA) is 165 Å². The Kier molecular flexibility index (Phi) is 6.58. The summed E-state index contributed by atoms with van der Waals surface area (Å²) in [5.74, 6) is -1.36. The third-order valence-electron chi connectivity index (χ3n) is 2.49. The van der Waals surface area contributed by atoms with Crippen molar-refractivity contribution in [2.45, 2.75) is 13.1 Å². The van der Waals surface area contributed by atoms with Crippen molar-refractivity contribution in [3.05, 3.63) is 23.0 Å². The van der Waals surface area contributed by atoms with Crippen molar-refractivity contribution in [1.29, 1.82) is 0 Å². The van der Waals surface area contributed by atoms with Gasteiger partial charge in [-0.2, -0.15) is 0 Å². The van der Waals surface area contributed by atoms with E-state index < -0.39 is 32.2 Å². The number of phosphoric acid groups is 1. The largest absolute Gasteiger partial charge is 0.526 e. The van der Waals surface area contributed by atoms with Crippen LogP contribution in [0.2, 0.25) is 0 Å². The standard InChI is InChI=1S/C11H15FN3O7P/c1-6-10(17)9(4-16)8(3-14-6)11(22-23(18,19)20)15-21-5-7(12)2-13/h3-4,7,17H,2,5,13H2,1H3,(H2,18,19,20). The van der Waals surface area contributed by atoms with Crippen molar-refractivity contribution >= 4 is 20.0 Å². The molecule has 0 aromatic carbocycles. The maximum atomic E-state index is 13.0. The van der Waals surface area contributed by atoms with E-state index >= 15 is 0 Å². The van der Waals surface area contributed by atoms with Gasteiger partial charge in [-0.05, 0) is 12.1 Å². The third kappa shape index (κ3) is 5.57. The van der Waals surface area contributed by atoms with Gasteiger partial charge in [-0.1, -0.05) is 0 Å². The zero-order valence-electron chi connectivity index (χ0n) is 11.9. The van der Waals surface area contributed by atoms with Crippen LogP contribution in [0.25, 0.3) is 0 Å². The van der Waals surface area contributed by atoms with Gasteiger partial charge in [0.25, 0.3) is 5.90 Å². The van der Waals surface area contributed by atoms with Gasteiger partial charge in [0.2, 0.25) is 0 Å². The van der Waals surface area contributed by atoms with Gasteiger partial charge in [0, 0.05) is 12.7 Å². The van der Waals surface area contributed by atoms with Gasteiger partial charge in [0.05, 0.1) is 16.8 Å². The molecule has 128 valence electrons. The van der Waals surface area contributed by atoms with Gasteiger partial charge in [-0.3, -0.25) is 19.6 Å². The molecule has 0 aliphatic carbocycles. The molecule has 1 atom stereocenters. The molecule has 0 aliphatic heterocycles. The number of carbonyl (C=O) groups excluding carboxylic acids is 1. The Morgan fingerprint density at radius 1 is 1.61 bits per heavy atom. The van der Waals surface area contributed by atoms with E-state index in [1.54, 1.807) is 0 Å². The van der Waals surface area contributed by atoms with Crippen LogP contribution in [0.1, 0.15) is 21.6 Å². The van der Waals surface area contributed by atoms with Crippen LogP contribution in [0.3, 0.4) is 0 Å². The fraction of sp³-hybridized carbons (Fsp3) is 0.364. The molecule has 0 saturated heterocycles. The van der Waals surface area contributed by atoms with Gasteiger partial charge in [-0.25, -0.2) is 8.96 Å². The number of pyridine rings is 1. The molecule has 1 aromatic heterocycles. The zero-order valence-corrected chi connectivity index (χ0v) is 12.8. The highest BCUT2D eigenvalue weighted by molar-refractivity contribution is 7.47. The number of hydrogen-bond donors (Lipinski definition) is 4. The second kappa shape index (κ2) is 7.97. The molecule has 5 N–H and O–H groups in total. The Morgan fingerprint density at radius 2 is 2.26 bits per heavy atom. The lowest BCUT2D eigenvalue weighted by Gasteiger charge is -2.12. The number of alkyl halides is 1. The lowest BCUT2D eigenvalue weighted by atomic mass is 10.1. The SMILES string of the molecule is Cc1ncc(C(=NOCC(F)CN)OP(=O)(O)O)c(C=O)c1O. The van der Waals surface area contributed by atoms with Gasteiger partial charge < -0.3 is 20.2 Å². The molecule has 0 amide bonds. The van der Waals surface area contributed by atoms with Crippen LogP contribution in [-0.2, 0) is 13.9 Å². The summed E-state index contributed by atoms with van der Waals surface area (Å²) < 4.78 is 28.3. The molecule has 1 heterocycles. The monoisotopic (exact) mass is 351 g/mol. The molecule has 1 rings (SSSR count). The van der Waals surface area contributed by atoms with Gasteiger partial charge in [0.15, 0.2) is 6.29 Å². The van der Waals surface area contributed by atoms with E-state index in [2.05, 4.69) is 19.5 Å². The fourth-order valence-electron chi connectivity index (χ4n) is 1.38. The zero-order chi connectivity index (χ0) is 17.6. The molecule has 0 saturated carbocycles. The first kappa shape index (κ1) is 19.0. The highest BCUT2D eigenvalue weighted by Gasteiger charge is 2.25. The van der Waals surface area contributed by atoms with Crippen LogP contribution in [0.4, 0.5) is 4.39 Å². The Hall–Kier alpha value is -2.07. The first-order valence-electron chi connectivity index (χ1n) is 6.13. The molecule has 0 aliphatic rings. The number of nitrogens with two attached hydrogens (primary N) is 1. The Bertz CT molecular complexity index is 649. The Labute approximate surface area is 130 Å². The predicted molar refractivity (Wildman–Crippen MR) is 75.6 cm³/mol. The first-order valence-corrected chi connectivity index (χ1v) is 7.66. The number of rotatable bonds is 7. The summed E-state index contributed by atoms with van der Waals surface area (Å²) in [6.45, 7) is 0.446. The number of aromatic hydroxyl groups is 1. The van der Waals surface area contributed by atoms with Crippen LogP contribution in [-0.4, -0.2) is 51.4 Å². The van der Waals surface area contributed by atoms with E-state index in [0.717, 1.165) is 6.20 Å². The van der Waals surface area contributed by atoms with Crippen molar-refractivity contribution in [3.8, 4) is 5.75 Å². The predicted octanol–water partition coefficient (Wildman–Crippen LogP) is -0.00758. The average Bonchev–Trinajstić information content (AvgIpc) is 2.47. The average molecular weight is 351 g/mol. The number of carbonyl (C=O) groups is 1. The van der Waals surface area contributed by atoms with Gasteiger partial charge in [0.1, 0.15) is 18.5 Å². The molecule has 1 unspecified atom stereocenters. The van der Waals surface area contributed by atoms with Crippen molar-refractivity contribution in [3.63, 3.8) is 0 Å². The molecule has 10 nitrogen and oxygen atoms in total. The van der Waals surface area contributed by atoms with E-state index in [4.69, 9.17) is 15.5 Å².